The quantitative estimate of drug-likeness (QED) is 0.649. The molecule has 88 valence electrons. The van der Waals surface area contributed by atoms with Crippen LogP contribution in [0.15, 0.2) is 0 Å². The Bertz CT molecular complexity index is 313. The fraction of sp³-hybridized carbons (Fsp3) is 0.889. The fourth-order valence-electron chi connectivity index (χ4n) is 1.62. The van der Waals surface area contributed by atoms with Crippen molar-refractivity contribution in [3.63, 3.8) is 0 Å². The van der Waals surface area contributed by atoms with E-state index in [1.807, 2.05) is 0 Å². The second-order valence-corrected chi connectivity index (χ2v) is 6.16. The highest BCUT2D eigenvalue weighted by atomic mass is 32.2. The summed E-state index contributed by atoms with van der Waals surface area (Å²) < 4.78 is 22.3. The van der Waals surface area contributed by atoms with Crippen molar-refractivity contribution in [1.82, 2.24) is 10.6 Å². The molecule has 6 heteroatoms. The first kappa shape index (κ1) is 12.4. The van der Waals surface area contributed by atoms with Gasteiger partial charge < -0.3 is 10.6 Å². The Morgan fingerprint density at radius 1 is 1.47 bits per heavy atom. The Morgan fingerprint density at radius 3 is 2.73 bits per heavy atom. The van der Waals surface area contributed by atoms with Crippen LogP contribution in [0.2, 0.25) is 0 Å². The van der Waals surface area contributed by atoms with Crippen LogP contribution in [-0.2, 0) is 14.6 Å². The first-order valence-corrected chi connectivity index (χ1v) is 6.97. The zero-order valence-electron chi connectivity index (χ0n) is 8.95. The Balaban J connectivity index is 2.18. The van der Waals surface area contributed by atoms with Gasteiger partial charge in [0, 0.05) is 19.5 Å². The van der Waals surface area contributed by atoms with Gasteiger partial charge >= 0.3 is 0 Å². The van der Waals surface area contributed by atoms with Crippen molar-refractivity contribution in [3.05, 3.63) is 0 Å². The molecule has 1 atom stereocenters. The van der Waals surface area contributed by atoms with E-state index >= 15 is 0 Å². The van der Waals surface area contributed by atoms with E-state index in [2.05, 4.69) is 10.6 Å². The van der Waals surface area contributed by atoms with Crippen LogP contribution in [0.4, 0.5) is 0 Å². The topological polar surface area (TPSA) is 75.3 Å². The predicted octanol–water partition coefficient (Wildman–Crippen LogP) is -0.853. The Kier molecular flexibility index (Phi) is 4.53. The molecular weight excluding hydrogens is 216 g/mol. The molecule has 1 rings (SSSR count). The van der Waals surface area contributed by atoms with Gasteiger partial charge in [-0.15, -0.1) is 0 Å². The van der Waals surface area contributed by atoms with Gasteiger partial charge in [0.15, 0.2) is 9.84 Å². The van der Waals surface area contributed by atoms with Crippen molar-refractivity contribution < 1.29 is 13.2 Å². The average Bonchev–Trinajstić information content (AvgIpc) is 2.52. The molecule has 1 amide bonds. The smallest absolute Gasteiger partial charge is 0.221 e. The van der Waals surface area contributed by atoms with E-state index in [4.69, 9.17) is 0 Å². The van der Waals surface area contributed by atoms with E-state index in [0.29, 0.717) is 25.9 Å². The lowest BCUT2D eigenvalue weighted by molar-refractivity contribution is -0.121. The molecule has 1 aliphatic rings. The molecule has 0 aromatic rings. The SMILES string of the molecule is CNCCC(=O)NCC1CCS(=O)(=O)C1. The summed E-state index contributed by atoms with van der Waals surface area (Å²) in [6.07, 6.45) is 1.12. The molecule has 0 aromatic carbocycles. The molecule has 0 radical (unpaired) electrons. The normalized spacial score (nSPS) is 23.9. The molecule has 5 nitrogen and oxygen atoms in total. The number of rotatable bonds is 5. The molecule has 1 unspecified atom stereocenters. The minimum atomic E-state index is -2.82. The molecule has 0 aliphatic carbocycles. The van der Waals surface area contributed by atoms with E-state index in [1.54, 1.807) is 7.05 Å². The highest BCUT2D eigenvalue weighted by Gasteiger charge is 2.27. The third-order valence-corrected chi connectivity index (χ3v) is 4.35. The van der Waals surface area contributed by atoms with Crippen molar-refractivity contribution >= 4 is 15.7 Å². The van der Waals surface area contributed by atoms with E-state index in [-0.39, 0.29) is 23.3 Å². The minimum Gasteiger partial charge on any atom is -0.356 e. The first-order valence-electron chi connectivity index (χ1n) is 5.15. The number of sulfone groups is 1. The average molecular weight is 234 g/mol. The number of nitrogens with one attached hydrogen (secondary N) is 2. The molecular formula is C9H18N2O3S. The van der Waals surface area contributed by atoms with Crippen molar-refractivity contribution in [2.45, 2.75) is 12.8 Å². The largest absolute Gasteiger partial charge is 0.356 e. The van der Waals surface area contributed by atoms with Gasteiger partial charge in [0.25, 0.3) is 0 Å². The molecule has 1 aliphatic heterocycles. The van der Waals surface area contributed by atoms with Gasteiger partial charge in [0.1, 0.15) is 0 Å². The maximum Gasteiger partial charge on any atom is 0.221 e. The molecule has 1 fully saturated rings. The molecule has 0 bridgehead atoms. The molecule has 0 spiro atoms. The Labute approximate surface area is 90.5 Å². The highest BCUT2D eigenvalue weighted by Crippen LogP contribution is 2.17. The van der Waals surface area contributed by atoms with Crippen molar-refractivity contribution in [2.75, 3.05) is 31.6 Å². The van der Waals surface area contributed by atoms with Crippen LogP contribution in [0, 0.1) is 5.92 Å². The van der Waals surface area contributed by atoms with Crippen LogP contribution in [0.5, 0.6) is 0 Å². The summed E-state index contributed by atoms with van der Waals surface area (Å²) in [4.78, 5) is 11.2. The number of carbonyl (C=O) groups is 1. The third kappa shape index (κ3) is 4.61. The van der Waals surface area contributed by atoms with Crippen LogP contribution in [-0.4, -0.2) is 46.0 Å². The van der Waals surface area contributed by atoms with Gasteiger partial charge in [0.2, 0.25) is 5.91 Å². The van der Waals surface area contributed by atoms with Gasteiger partial charge in [-0.05, 0) is 19.4 Å². The highest BCUT2D eigenvalue weighted by molar-refractivity contribution is 7.91. The summed E-state index contributed by atoms with van der Waals surface area (Å²) in [5.41, 5.74) is 0. The number of amides is 1. The maximum absolute atomic E-state index is 11.2. The van der Waals surface area contributed by atoms with Crippen LogP contribution in [0.25, 0.3) is 0 Å². The van der Waals surface area contributed by atoms with Crippen molar-refractivity contribution in [3.8, 4) is 0 Å². The molecule has 1 heterocycles. The summed E-state index contributed by atoms with van der Waals surface area (Å²) in [5, 5.41) is 5.64. The van der Waals surface area contributed by atoms with Crippen LogP contribution < -0.4 is 10.6 Å². The summed E-state index contributed by atoms with van der Waals surface area (Å²) in [6, 6.07) is 0. The maximum atomic E-state index is 11.2. The molecule has 2 N–H and O–H groups in total. The number of carbonyl (C=O) groups excluding carboxylic acids is 1. The summed E-state index contributed by atoms with van der Waals surface area (Å²) >= 11 is 0. The lowest BCUT2D eigenvalue weighted by Crippen LogP contribution is -2.31. The van der Waals surface area contributed by atoms with Gasteiger partial charge in [0.05, 0.1) is 11.5 Å². The zero-order valence-corrected chi connectivity index (χ0v) is 9.77. The lowest BCUT2D eigenvalue weighted by Gasteiger charge is -2.09. The van der Waals surface area contributed by atoms with Crippen LogP contribution in [0.3, 0.4) is 0 Å². The fourth-order valence-corrected chi connectivity index (χ4v) is 3.48. The van der Waals surface area contributed by atoms with Gasteiger partial charge in [-0.25, -0.2) is 8.42 Å². The first-order chi connectivity index (χ1) is 7.03. The predicted molar refractivity (Wildman–Crippen MR) is 58.3 cm³/mol. The van der Waals surface area contributed by atoms with Crippen molar-refractivity contribution in [1.29, 1.82) is 0 Å². The van der Waals surface area contributed by atoms with Gasteiger partial charge in [-0.3, -0.25) is 4.79 Å². The Hall–Kier alpha value is -0.620. The monoisotopic (exact) mass is 234 g/mol. The van der Waals surface area contributed by atoms with Crippen LogP contribution >= 0.6 is 0 Å². The Morgan fingerprint density at radius 2 is 2.20 bits per heavy atom. The van der Waals surface area contributed by atoms with Gasteiger partial charge in [-0.2, -0.15) is 0 Å². The van der Waals surface area contributed by atoms with E-state index < -0.39 is 9.84 Å². The molecule has 0 aromatic heterocycles. The second-order valence-electron chi connectivity index (χ2n) is 3.93. The molecule has 0 saturated carbocycles. The van der Waals surface area contributed by atoms with E-state index in [0.717, 1.165) is 0 Å². The molecule has 1 saturated heterocycles. The minimum absolute atomic E-state index is 0.0198. The van der Waals surface area contributed by atoms with E-state index in [1.165, 1.54) is 0 Å². The van der Waals surface area contributed by atoms with E-state index in [9.17, 15) is 13.2 Å². The third-order valence-electron chi connectivity index (χ3n) is 2.52. The van der Waals surface area contributed by atoms with Gasteiger partial charge in [-0.1, -0.05) is 0 Å². The summed E-state index contributed by atoms with van der Waals surface area (Å²) in [6.45, 7) is 1.14. The number of hydrogen-bond donors (Lipinski definition) is 2. The summed E-state index contributed by atoms with van der Waals surface area (Å²) in [7, 11) is -1.04. The standard InChI is InChI=1S/C9H18N2O3S/c1-10-4-2-9(12)11-6-8-3-5-15(13,14)7-8/h8,10H,2-7H2,1H3,(H,11,12). The second kappa shape index (κ2) is 5.46. The van der Waals surface area contributed by atoms with Crippen LogP contribution in [0.1, 0.15) is 12.8 Å². The lowest BCUT2D eigenvalue weighted by atomic mass is 10.1. The van der Waals surface area contributed by atoms with Crippen molar-refractivity contribution in [2.24, 2.45) is 5.92 Å². The number of hydrogen-bond acceptors (Lipinski definition) is 4. The zero-order chi connectivity index (χ0) is 11.3. The summed E-state index contributed by atoms with van der Waals surface area (Å²) in [5.74, 6) is 0.575. The molecule has 15 heavy (non-hydrogen) atoms.